The summed E-state index contributed by atoms with van der Waals surface area (Å²) in [5.74, 6) is 0.867. The van der Waals surface area contributed by atoms with Gasteiger partial charge in [-0.05, 0) is 35.9 Å². The highest BCUT2D eigenvalue weighted by atomic mass is 16.5. The minimum atomic E-state index is 0.682. The van der Waals surface area contributed by atoms with E-state index in [1.165, 1.54) is 5.56 Å². The largest absolute Gasteiger partial charge is 0.493 e. The number of aromatic nitrogens is 1. The van der Waals surface area contributed by atoms with Crippen LogP contribution in [-0.2, 0) is 6.42 Å². The molecule has 15 heavy (non-hydrogen) atoms. The molecule has 75 valence electrons. The van der Waals surface area contributed by atoms with Crippen molar-refractivity contribution in [3.8, 4) is 5.75 Å². The lowest BCUT2D eigenvalue weighted by atomic mass is 10.2. The predicted molar refractivity (Wildman–Crippen MR) is 58.7 cm³/mol. The van der Waals surface area contributed by atoms with E-state index in [-0.39, 0.29) is 0 Å². The topological polar surface area (TPSA) is 22.1 Å². The number of hydrogen-bond acceptors (Lipinski definition) is 2. The molecule has 1 aromatic heterocycles. The number of hydrogen-bond donors (Lipinski definition) is 0. The van der Waals surface area contributed by atoms with E-state index in [2.05, 4.69) is 11.1 Å². The Bertz CT molecular complexity index is 346. The molecule has 2 nitrogen and oxygen atoms in total. The summed E-state index contributed by atoms with van der Waals surface area (Å²) in [6, 6.07) is 14.5. The maximum atomic E-state index is 5.56. The normalized spacial score (nSPS) is 9.87. The lowest BCUT2D eigenvalue weighted by Gasteiger charge is -2.05. The van der Waals surface area contributed by atoms with Crippen LogP contribution >= 0.6 is 0 Å². The number of rotatable bonds is 4. The average Bonchev–Trinajstić information content (AvgIpc) is 2.32. The molecule has 0 atom stereocenters. The molecule has 0 aliphatic carbocycles. The van der Waals surface area contributed by atoms with Gasteiger partial charge in [-0.1, -0.05) is 12.1 Å². The van der Waals surface area contributed by atoms with Gasteiger partial charge in [0, 0.05) is 18.8 Å². The van der Waals surface area contributed by atoms with Crippen LogP contribution < -0.4 is 4.74 Å². The van der Waals surface area contributed by atoms with Gasteiger partial charge in [0.1, 0.15) is 5.75 Å². The summed E-state index contributed by atoms with van der Waals surface area (Å²) in [5.41, 5.74) is 1.24. The average molecular weight is 198 g/mol. The fourth-order valence-electron chi connectivity index (χ4n) is 1.30. The summed E-state index contributed by atoms with van der Waals surface area (Å²) in [6.07, 6.45) is 4.49. The van der Waals surface area contributed by atoms with Gasteiger partial charge in [0.25, 0.3) is 0 Å². The van der Waals surface area contributed by atoms with Crippen LogP contribution in [0.15, 0.2) is 48.8 Å². The van der Waals surface area contributed by atoms with Crippen molar-refractivity contribution < 1.29 is 4.74 Å². The van der Waals surface area contributed by atoms with Gasteiger partial charge < -0.3 is 4.74 Å². The number of nitrogens with zero attached hydrogens (tertiary/aromatic N) is 1. The number of ether oxygens (including phenoxy) is 1. The van der Waals surface area contributed by atoms with Crippen LogP contribution in [0.3, 0.4) is 0 Å². The molecule has 0 spiro atoms. The molecule has 0 fully saturated rings. The lowest BCUT2D eigenvalue weighted by Crippen LogP contribution is -2.00. The molecule has 1 radical (unpaired) electrons. The van der Waals surface area contributed by atoms with E-state index in [1.807, 2.05) is 36.4 Å². The van der Waals surface area contributed by atoms with E-state index in [0.717, 1.165) is 12.2 Å². The molecule has 0 bridgehead atoms. The molecule has 0 aliphatic heterocycles. The monoisotopic (exact) mass is 198 g/mol. The highest BCUT2D eigenvalue weighted by Crippen LogP contribution is 2.08. The van der Waals surface area contributed by atoms with Crippen LogP contribution in [0.1, 0.15) is 5.56 Å². The second-order valence-electron chi connectivity index (χ2n) is 3.19. The SMILES string of the molecule is [c]1cccc(OCCc2ccncc2)c1. The molecule has 2 heteroatoms. The Hall–Kier alpha value is -1.83. The highest BCUT2D eigenvalue weighted by molar-refractivity contribution is 5.20. The van der Waals surface area contributed by atoms with Gasteiger partial charge in [-0.15, -0.1) is 0 Å². The lowest BCUT2D eigenvalue weighted by molar-refractivity contribution is 0.322. The fourth-order valence-corrected chi connectivity index (χ4v) is 1.30. The molecule has 0 saturated carbocycles. The standard InChI is InChI=1S/C13H12NO/c1-2-4-13(5-3-1)15-11-8-12-6-9-14-10-7-12/h1-2,4-7,9-10H,8,11H2. The third-order valence-corrected chi connectivity index (χ3v) is 2.09. The second-order valence-corrected chi connectivity index (χ2v) is 3.19. The number of benzene rings is 1. The Morgan fingerprint density at radius 1 is 1.20 bits per heavy atom. The second kappa shape index (κ2) is 5.15. The van der Waals surface area contributed by atoms with Gasteiger partial charge in [0.05, 0.1) is 6.61 Å². The van der Waals surface area contributed by atoms with Gasteiger partial charge in [0.2, 0.25) is 0 Å². The molecule has 2 aromatic rings. The quantitative estimate of drug-likeness (QED) is 0.753. The molecule has 1 heterocycles. The molecule has 0 saturated heterocycles. The summed E-state index contributed by atoms with van der Waals surface area (Å²) in [7, 11) is 0. The Labute approximate surface area is 89.6 Å². The zero-order valence-corrected chi connectivity index (χ0v) is 8.39. The molecular weight excluding hydrogens is 186 g/mol. The first-order chi connectivity index (χ1) is 7.45. The van der Waals surface area contributed by atoms with Crippen molar-refractivity contribution in [1.82, 2.24) is 4.98 Å². The summed E-state index contributed by atoms with van der Waals surface area (Å²) >= 11 is 0. The Morgan fingerprint density at radius 2 is 2.07 bits per heavy atom. The third-order valence-electron chi connectivity index (χ3n) is 2.09. The summed E-state index contributed by atoms with van der Waals surface area (Å²) < 4.78 is 5.56. The van der Waals surface area contributed by atoms with E-state index in [9.17, 15) is 0 Å². The minimum absolute atomic E-state index is 0.682. The molecule has 0 aliphatic rings. The van der Waals surface area contributed by atoms with Crippen LogP contribution in [0.2, 0.25) is 0 Å². The first-order valence-corrected chi connectivity index (χ1v) is 4.93. The van der Waals surface area contributed by atoms with Crippen molar-refractivity contribution in [2.75, 3.05) is 6.61 Å². The van der Waals surface area contributed by atoms with E-state index < -0.39 is 0 Å². The van der Waals surface area contributed by atoms with Gasteiger partial charge in [0.15, 0.2) is 0 Å². The molecular formula is C13H12NO. The predicted octanol–water partition coefficient (Wildman–Crippen LogP) is 2.50. The van der Waals surface area contributed by atoms with Crippen molar-refractivity contribution in [3.63, 3.8) is 0 Å². The van der Waals surface area contributed by atoms with Crippen LogP contribution in [0.5, 0.6) is 5.75 Å². The Kier molecular flexibility index (Phi) is 3.34. The van der Waals surface area contributed by atoms with Gasteiger partial charge in [-0.25, -0.2) is 0 Å². The van der Waals surface area contributed by atoms with Crippen LogP contribution in [0.4, 0.5) is 0 Å². The van der Waals surface area contributed by atoms with Crippen LogP contribution in [-0.4, -0.2) is 11.6 Å². The van der Waals surface area contributed by atoms with Crippen LogP contribution in [0.25, 0.3) is 0 Å². The number of pyridine rings is 1. The molecule has 2 rings (SSSR count). The first-order valence-electron chi connectivity index (χ1n) is 4.93. The highest BCUT2D eigenvalue weighted by Gasteiger charge is 1.93. The third kappa shape index (κ3) is 3.09. The van der Waals surface area contributed by atoms with E-state index >= 15 is 0 Å². The maximum Gasteiger partial charge on any atom is 0.119 e. The van der Waals surface area contributed by atoms with Gasteiger partial charge in [-0.3, -0.25) is 4.98 Å². The van der Waals surface area contributed by atoms with Gasteiger partial charge >= 0.3 is 0 Å². The van der Waals surface area contributed by atoms with Crippen molar-refractivity contribution in [2.24, 2.45) is 0 Å². The molecule has 0 N–H and O–H groups in total. The molecule has 0 unspecified atom stereocenters. The fraction of sp³-hybridized carbons (Fsp3) is 0.154. The van der Waals surface area contributed by atoms with Crippen LogP contribution in [0, 0.1) is 6.07 Å². The van der Waals surface area contributed by atoms with E-state index in [1.54, 1.807) is 12.4 Å². The summed E-state index contributed by atoms with van der Waals surface area (Å²) in [5, 5.41) is 0. The summed E-state index contributed by atoms with van der Waals surface area (Å²) in [4.78, 5) is 3.97. The van der Waals surface area contributed by atoms with Crippen molar-refractivity contribution >= 4 is 0 Å². The van der Waals surface area contributed by atoms with Gasteiger partial charge in [-0.2, -0.15) is 0 Å². The minimum Gasteiger partial charge on any atom is -0.493 e. The zero-order valence-electron chi connectivity index (χ0n) is 8.39. The summed E-state index contributed by atoms with van der Waals surface area (Å²) in [6.45, 7) is 0.682. The Balaban J connectivity index is 1.81. The van der Waals surface area contributed by atoms with Crippen molar-refractivity contribution in [1.29, 1.82) is 0 Å². The van der Waals surface area contributed by atoms with Crippen molar-refractivity contribution in [2.45, 2.75) is 6.42 Å². The Morgan fingerprint density at radius 3 is 2.80 bits per heavy atom. The zero-order chi connectivity index (χ0) is 10.3. The smallest absolute Gasteiger partial charge is 0.119 e. The molecule has 1 aromatic carbocycles. The van der Waals surface area contributed by atoms with E-state index in [4.69, 9.17) is 4.74 Å². The first kappa shape index (κ1) is 9.71. The van der Waals surface area contributed by atoms with Crippen molar-refractivity contribution in [3.05, 3.63) is 60.4 Å². The van der Waals surface area contributed by atoms with E-state index in [0.29, 0.717) is 6.61 Å². The molecule has 0 amide bonds. The maximum absolute atomic E-state index is 5.56.